The van der Waals surface area contributed by atoms with E-state index in [1.54, 1.807) is 6.07 Å². The molecule has 0 atom stereocenters. The van der Waals surface area contributed by atoms with Crippen molar-refractivity contribution in [2.45, 2.75) is 26.7 Å². The normalized spacial score (nSPS) is 16.3. The van der Waals surface area contributed by atoms with Crippen LogP contribution in [0.15, 0.2) is 10.9 Å². The summed E-state index contributed by atoms with van der Waals surface area (Å²) in [5, 5.41) is 0. The molecule has 1 saturated heterocycles. The number of H-pyrrole nitrogens is 1. The third kappa shape index (κ3) is 3.57. The summed E-state index contributed by atoms with van der Waals surface area (Å²) in [6.07, 6.45) is 1.91. The van der Waals surface area contributed by atoms with Crippen molar-refractivity contribution in [1.82, 2.24) is 9.97 Å². The number of hydrogen-bond acceptors (Lipinski definition) is 4. The van der Waals surface area contributed by atoms with Gasteiger partial charge in [-0.3, -0.25) is 9.78 Å². The molecule has 0 spiro atoms. The molecule has 0 amide bonds. The topological polar surface area (TPSA) is 58.2 Å². The van der Waals surface area contributed by atoms with Crippen LogP contribution in [0.1, 0.15) is 26.0 Å². The Labute approximate surface area is 107 Å². The maximum Gasteiger partial charge on any atom is 0.252 e. The lowest BCUT2D eigenvalue weighted by atomic mass is 10.1. The Kier molecular flexibility index (Phi) is 4.36. The minimum Gasteiger partial charge on any atom is -0.378 e. The summed E-state index contributed by atoms with van der Waals surface area (Å²) < 4.78 is 5.30. The molecule has 1 aromatic heterocycles. The minimum absolute atomic E-state index is 0.0646. The van der Waals surface area contributed by atoms with E-state index in [0.29, 0.717) is 25.1 Å². The summed E-state index contributed by atoms with van der Waals surface area (Å²) in [4.78, 5) is 21.1. The van der Waals surface area contributed by atoms with Crippen LogP contribution >= 0.6 is 0 Å². The molecular formula is C13H21N3O2. The first-order chi connectivity index (χ1) is 8.65. The highest BCUT2D eigenvalue weighted by Crippen LogP contribution is 2.11. The van der Waals surface area contributed by atoms with Crippen LogP contribution in [0.5, 0.6) is 0 Å². The van der Waals surface area contributed by atoms with E-state index in [4.69, 9.17) is 4.74 Å². The molecule has 1 aromatic rings. The van der Waals surface area contributed by atoms with E-state index in [1.165, 1.54) is 0 Å². The largest absolute Gasteiger partial charge is 0.378 e. The van der Waals surface area contributed by atoms with Crippen molar-refractivity contribution in [2.75, 3.05) is 31.2 Å². The maximum atomic E-state index is 11.6. The number of anilines is 1. The number of nitrogens with one attached hydrogen (secondary N) is 1. The number of rotatable bonds is 4. The number of aryl methyl sites for hydroxylation is 1. The van der Waals surface area contributed by atoms with E-state index in [2.05, 4.69) is 28.7 Å². The van der Waals surface area contributed by atoms with Gasteiger partial charge in [-0.25, -0.2) is 4.98 Å². The summed E-state index contributed by atoms with van der Waals surface area (Å²) in [6.45, 7) is 7.32. The average Bonchev–Trinajstić information content (AvgIpc) is 2.37. The molecule has 1 fully saturated rings. The Morgan fingerprint density at radius 2 is 2.17 bits per heavy atom. The lowest BCUT2D eigenvalue weighted by molar-refractivity contribution is 0.122. The molecule has 1 N–H and O–H groups in total. The van der Waals surface area contributed by atoms with Crippen molar-refractivity contribution in [3.63, 3.8) is 0 Å². The first-order valence-electron chi connectivity index (χ1n) is 6.58. The van der Waals surface area contributed by atoms with Crippen LogP contribution in [0, 0.1) is 5.92 Å². The van der Waals surface area contributed by atoms with E-state index < -0.39 is 0 Å². The van der Waals surface area contributed by atoms with Gasteiger partial charge in [0.05, 0.1) is 13.2 Å². The summed E-state index contributed by atoms with van der Waals surface area (Å²) >= 11 is 0. The van der Waals surface area contributed by atoms with Gasteiger partial charge in [-0.2, -0.15) is 0 Å². The van der Waals surface area contributed by atoms with Crippen molar-refractivity contribution >= 4 is 5.95 Å². The van der Waals surface area contributed by atoms with Crippen LogP contribution in [-0.2, 0) is 11.2 Å². The Hall–Kier alpha value is -1.36. The summed E-state index contributed by atoms with van der Waals surface area (Å²) in [5.74, 6) is 1.31. The maximum absolute atomic E-state index is 11.6. The van der Waals surface area contributed by atoms with Crippen LogP contribution < -0.4 is 10.5 Å². The lowest BCUT2D eigenvalue weighted by Crippen LogP contribution is -2.38. The quantitative estimate of drug-likeness (QED) is 0.873. The smallest absolute Gasteiger partial charge is 0.252 e. The van der Waals surface area contributed by atoms with Crippen LogP contribution in [-0.4, -0.2) is 36.3 Å². The number of nitrogens with zero attached hydrogens (tertiary/aromatic N) is 2. The molecular weight excluding hydrogens is 230 g/mol. The summed E-state index contributed by atoms with van der Waals surface area (Å²) in [6, 6.07) is 1.60. The molecule has 0 unspecified atom stereocenters. The molecule has 2 heterocycles. The van der Waals surface area contributed by atoms with E-state index in [-0.39, 0.29) is 5.56 Å². The third-order valence-electron chi connectivity index (χ3n) is 3.07. The van der Waals surface area contributed by atoms with Crippen molar-refractivity contribution in [3.05, 3.63) is 22.1 Å². The van der Waals surface area contributed by atoms with Crippen molar-refractivity contribution in [3.8, 4) is 0 Å². The lowest BCUT2D eigenvalue weighted by Gasteiger charge is -2.27. The van der Waals surface area contributed by atoms with E-state index in [9.17, 15) is 4.79 Å². The molecule has 18 heavy (non-hydrogen) atoms. The van der Waals surface area contributed by atoms with Gasteiger partial charge in [-0.15, -0.1) is 0 Å². The number of aromatic amines is 1. The van der Waals surface area contributed by atoms with E-state index >= 15 is 0 Å². The minimum atomic E-state index is -0.0646. The van der Waals surface area contributed by atoms with Gasteiger partial charge >= 0.3 is 0 Å². The van der Waals surface area contributed by atoms with Crippen LogP contribution in [0.4, 0.5) is 5.95 Å². The highest BCUT2D eigenvalue weighted by molar-refractivity contribution is 5.30. The Bertz CT molecular complexity index is 436. The number of morpholine rings is 1. The summed E-state index contributed by atoms with van der Waals surface area (Å²) in [7, 11) is 0. The summed E-state index contributed by atoms with van der Waals surface area (Å²) in [5.41, 5.74) is 0.819. The zero-order valence-electron chi connectivity index (χ0n) is 11.1. The molecule has 0 bridgehead atoms. The zero-order chi connectivity index (χ0) is 13.0. The van der Waals surface area contributed by atoms with Crippen LogP contribution in [0.2, 0.25) is 0 Å². The molecule has 1 aliphatic rings. The first kappa shape index (κ1) is 13.1. The second-order valence-corrected chi connectivity index (χ2v) is 5.09. The molecule has 0 aliphatic carbocycles. The van der Waals surface area contributed by atoms with Gasteiger partial charge in [-0.05, 0) is 18.8 Å². The molecule has 5 heteroatoms. The molecule has 5 nitrogen and oxygen atoms in total. The van der Waals surface area contributed by atoms with Gasteiger partial charge in [0, 0.05) is 24.8 Å². The van der Waals surface area contributed by atoms with Crippen molar-refractivity contribution in [1.29, 1.82) is 0 Å². The number of hydrogen-bond donors (Lipinski definition) is 1. The molecule has 1 aliphatic heterocycles. The van der Waals surface area contributed by atoms with Gasteiger partial charge in [-0.1, -0.05) is 13.8 Å². The van der Waals surface area contributed by atoms with Crippen LogP contribution in [0.3, 0.4) is 0 Å². The van der Waals surface area contributed by atoms with Crippen molar-refractivity contribution < 1.29 is 4.74 Å². The Morgan fingerprint density at radius 3 is 2.83 bits per heavy atom. The fourth-order valence-electron chi connectivity index (χ4n) is 1.98. The van der Waals surface area contributed by atoms with Gasteiger partial charge < -0.3 is 9.64 Å². The standard InChI is InChI=1S/C13H21N3O2/c1-10(2)3-4-11-9-12(17)15-13(14-11)16-5-7-18-8-6-16/h9-10H,3-8H2,1-2H3,(H,14,15,17). The fourth-order valence-corrected chi connectivity index (χ4v) is 1.98. The Morgan fingerprint density at radius 1 is 1.44 bits per heavy atom. The first-order valence-corrected chi connectivity index (χ1v) is 6.58. The molecule has 0 saturated carbocycles. The number of ether oxygens (including phenoxy) is 1. The Balaban J connectivity index is 2.12. The highest BCUT2D eigenvalue weighted by Gasteiger charge is 2.14. The molecule has 0 radical (unpaired) electrons. The molecule has 2 rings (SSSR count). The predicted molar refractivity (Wildman–Crippen MR) is 71.0 cm³/mol. The molecule has 0 aromatic carbocycles. The molecule has 100 valence electrons. The predicted octanol–water partition coefficient (Wildman–Crippen LogP) is 1.20. The number of aromatic nitrogens is 2. The van der Waals surface area contributed by atoms with Gasteiger partial charge in [0.2, 0.25) is 5.95 Å². The second-order valence-electron chi connectivity index (χ2n) is 5.09. The van der Waals surface area contributed by atoms with Gasteiger partial charge in [0.15, 0.2) is 0 Å². The van der Waals surface area contributed by atoms with Gasteiger partial charge in [0.1, 0.15) is 0 Å². The van der Waals surface area contributed by atoms with E-state index in [0.717, 1.165) is 31.6 Å². The monoisotopic (exact) mass is 251 g/mol. The third-order valence-corrected chi connectivity index (χ3v) is 3.07. The zero-order valence-corrected chi connectivity index (χ0v) is 11.1. The second kappa shape index (κ2) is 6.00. The fraction of sp³-hybridized carbons (Fsp3) is 0.692. The van der Waals surface area contributed by atoms with Crippen molar-refractivity contribution in [2.24, 2.45) is 5.92 Å². The SMILES string of the molecule is CC(C)CCc1cc(=O)[nH]c(N2CCOCC2)n1. The van der Waals surface area contributed by atoms with Gasteiger partial charge in [0.25, 0.3) is 5.56 Å². The highest BCUT2D eigenvalue weighted by atomic mass is 16.5. The van der Waals surface area contributed by atoms with Crippen LogP contribution in [0.25, 0.3) is 0 Å². The average molecular weight is 251 g/mol. The van der Waals surface area contributed by atoms with E-state index in [1.807, 2.05) is 0 Å².